The van der Waals surface area contributed by atoms with Crippen LogP contribution in [0.4, 0.5) is 0 Å². The van der Waals surface area contributed by atoms with Gasteiger partial charge in [0.2, 0.25) is 0 Å². The Kier molecular flexibility index (Phi) is 32.9. The van der Waals surface area contributed by atoms with Crippen molar-refractivity contribution >= 4 is 11.8 Å². The molecule has 0 aliphatic heterocycles. The van der Waals surface area contributed by atoms with Crippen molar-refractivity contribution in [3.8, 4) is 0 Å². The van der Waals surface area contributed by atoms with Gasteiger partial charge in [-0.05, 0) is 25.5 Å². The molecule has 0 spiro atoms. The Morgan fingerprint density at radius 1 is 1.17 bits per heavy atom. The third kappa shape index (κ3) is 33.7. The van der Waals surface area contributed by atoms with Crippen LogP contribution in [-0.4, -0.2) is 6.26 Å². The summed E-state index contributed by atoms with van der Waals surface area (Å²) in [7, 11) is 0. The van der Waals surface area contributed by atoms with E-state index in [9.17, 15) is 0 Å². The average Bonchev–Trinajstić information content (AvgIpc) is 2.12. The fraction of sp³-hybridized carbons (Fsp3) is 0.455. The van der Waals surface area contributed by atoms with Gasteiger partial charge in [-0.25, -0.2) is 0 Å². The average molecular weight is 186 g/mol. The van der Waals surface area contributed by atoms with E-state index >= 15 is 0 Å². The van der Waals surface area contributed by atoms with E-state index in [-0.39, 0.29) is 0 Å². The van der Waals surface area contributed by atoms with Crippen LogP contribution in [0.5, 0.6) is 0 Å². The molecule has 0 atom stereocenters. The summed E-state index contributed by atoms with van der Waals surface area (Å²) in [6, 6.07) is 0. The van der Waals surface area contributed by atoms with Gasteiger partial charge in [0.15, 0.2) is 0 Å². The first-order valence-corrected chi connectivity index (χ1v) is 5.39. The molecule has 0 heterocycles. The molecule has 0 aliphatic rings. The lowest BCUT2D eigenvalue weighted by Crippen LogP contribution is -1.56. The quantitative estimate of drug-likeness (QED) is 0.446. The van der Waals surface area contributed by atoms with E-state index in [1.54, 1.807) is 11.8 Å². The largest absolute Gasteiger partial charge is 0.138 e. The summed E-state index contributed by atoms with van der Waals surface area (Å²) in [6.07, 6.45) is 6.20. The van der Waals surface area contributed by atoms with E-state index in [4.69, 9.17) is 0 Å². The van der Waals surface area contributed by atoms with Crippen LogP contribution in [0.15, 0.2) is 36.3 Å². The lowest BCUT2D eigenvalue weighted by Gasteiger charge is -1.79. The predicted molar refractivity (Wildman–Crippen MR) is 64.7 cm³/mol. The normalized spacial score (nSPS) is 7.42. The molecular weight excluding hydrogens is 164 g/mol. The zero-order chi connectivity index (χ0) is 10.4. The molecule has 0 aliphatic carbocycles. The minimum Gasteiger partial charge on any atom is -0.138 e. The first kappa shape index (κ1) is 17.6. The van der Waals surface area contributed by atoms with Gasteiger partial charge >= 0.3 is 0 Å². The maximum Gasteiger partial charge on any atom is -0.0142 e. The first-order chi connectivity index (χ1) is 5.77. The topological polar surface area (TPSA) is 0 Å². The second-order valence-corrected chi connectivity index (χ2v) is 2.55. The van der Waals surface area contributed by atoms with Crippen molar-refractivity contribution in [2.75, 3.05) is 6.26 Å². The van der Waals surface area contributed by atoms with Gasteiger partial charge < -0.3 is 0 Å². The van der Waals surface area contributed by atoms with Crippen LogP contribution in [0.3, 0.4) is 0 Å². The Bertz CT molecular complexity index is 108. The van der Waals surface area contributed by atoms with Gasteiger partial charge in [0.1, 0.15) is 0 Å². The maximum absolute atomic E-state index is 3.00. The van der Waals surface area contributed by atoms with Crippen LogP contribution in [-0.2, 0) is 0 Å². The van der Waals surface area contributed by atoms with E-state index in [1.807, 2.05) is 13.8 Å². The molecule has 0 rings (SSSR count). The second kappa shape index (κ2) is 22.4. The molecule has 0 saturated carbocycles. The molecule has 72 valence electrons. The van der Waals surface area contributed by atoms with Crippen molar-refractivity contribution in [1.82, 2.24) is 0 Å². The Labute approximate surface area is 82.5 Å². The Balaban J connectivity index is -0.000000175. The molecule has 0 unspecified atom stereocenters. The fourth-order valence-electron chi connectivity index (χ4n) is 0.310. The van der Waals surface area contributed by atoms with Crippen molar-refractivity contribution in [2.24, 2.45) is 0 Å². The summed E-state index contributed by atoms with van der Waals surface area (Å²) in [5.41, 5.74) is 1.34. The van der Waals surface area contributed by atoms with Crippen molar-refractivity contribution in [3.63, 3.8) is 0 Å². The standard InChI is InChI=1S/C7H12S.C2H6.C2H4/c1-7(2)5-4-6-8-3;2*1-2/h4-6H,1-3H3;1-2H3;1-2H2/b6-4+;;. The summed E-state index contributed by atoms with van der Waals surface area (Å²) in [4.78, 5) is 0. The Hall–Kier alpha value is -0.430. The molecule has 0 bridgehead atoms. The molecule has 1 heteroatoms. The molecule has 0 aromatic heterocycles. The second-order valence-electron chi connectivity index (χ2n) is 1.81. The highest BCUT2D eigenvalue weighted by molar-refractivity contribution is 8.01. The Morgan fingerprint density at radius 2 is 1.58 bits per heavy atom. The van der Waals surface area contributed by atoms with Gasteiger partial charge in [-0.1, -0.05) is 31.6 Å². The van der Waals surface area contributed by atoms with Crippen LogP contribution in [0.1, 0.15) is 27.7 Å². The molecule has 0 radical (unpaired) electrons. The molecule has 0 nitrogen and oxygen atoms in total. The molecule has 0 saturated heterocycles. The summed E-state index contributed by atoms with van der Waals surface area (Å²) in [6.45, 7) is 14.2. The van der Waals surface area contributed by atoms with Crippen LogP contribution in [0.25, 0.3) is 0 Å². The van der Waals surface area contributed by atoms with E-state index in [2.05, 4.69) is 50.8 Å². The zero-order valence-electron chi connectivity index (χ0n) is 9.05. The zero-order valence-corrected chi connectivity index (χ0v) is 9.87. The van der Waals surface area contributed by atoms with Crippen LogP contribution in [0, 0.1) is 0 Å². The van der Waals surface area contributed by atoms with Crippen molar-refractivity contribution in [3.05, 3.63) is 36.3 Å². The molecule has 0 amide bonds. The minimum absolute atomic E-state index is 1.34. The molecule has 0 N–H and O–H groups in total. The van der Waals surface area contributed by atoms with Gasteiger partial charge in [-0.15, -0.1) is 24.9 Å². The predicted octanol–water partition coefficient (Wildman–Crippen LogP) is 4.66. The molecule has 0 aromatic rings. The van der Waals surface area contributed by atoms with Crippen LogP contribution in [0.2, 0.25) is 0 Å². The lowest BCUT2D eigenvalue weighted by molar-refractivity contribution is 1.39. The first-order valence-electron chi connectivity index (χ1n) is 4.10. The SMILES string of the molecule is C=C.CC.CS/C=C/C=C(C)C. The number of allylic oxidation sites excluding steroid dienone is 3. The smallest absolute Gasteiger partial charge is 0.0142 e. The molecule has 0 aromatic carbocycles. The number of rotatable bonds is 2. The van der Waals surface area contributed by atoms with E-state index in [1.165, 1.54) is 5.57 Å². The van der Waals surface area contributed by atoms with Gasteiger partial charge in [0.05, 0.1) is 0 Å². The van der Waals surface area contributed by atoms with Crippen LogP contribution >= 0.6 is 11.8 Å². The van der Waals surface area contributed by atoms with E-state index in [0.29, 0.717) is 0 Å². The Morgan fingerprint density at radius 3 is 1.83 bits per heavy atom. The summed E-state index contributed by atoms with van der Waals surface area (Å²) in [5.74, 6) is 0. The third-order valence-electron chi connectivity index (χ3n) is 0.644. The van der Waals surface area contributed by atoms with Gasteiger partial charge in [0, 0.05) is 0 Å². The summed E-state index contributed by atoms with van der Waals surface area (Å²) in [5, 5.41) is 2.06. The monoisotopic (exact) mass is 186 g/mol. The van der Waals surface area contributed by atoms with Crippen LogP contribution < -0.4 is 0 Å². The minimum atomic E-state index is 1.34. The number of hydrogen-bond acceptors (Lipinski definition) is 1. The highest BCUT2D eigenvalue weighted by Crippen LogP contribution is 1.95. The fourth-order valence-corrected chi connectivity index (χ4v) is 0.546. The van der Waals surface area contributed by atoms with E-state index in [0.717, 1.165) is 0 Å². The highest BCUT2D eigenvalue weighted by Gasteiger charge is 1.67. The summed E-state index contributed by atoms with van der Waals surface area (Å²) >= 11 is 1.72. The summed E-state index contributed by atoms with van der Waals surface area (Å²) < 4.78 is 0. The molecular formula is C11H22S. The number of thioether (sulfide) groups is 1. The maximum atomic E-state index is 3.00. The van der Waals surface area contributed by atoms with Gasteiger partial charge in [-0.3, -0.25) is 0 Å². The van der Waals surface area contributed by atoms with Crippen molar-refractivity contribution in [2.45, 2.75) is 27.7 Å². The third-order valence-corrected chi connectivity index (χ3v) is 1.07. The number of hydrogen-bond donors (Lipinski definition) is 0. The van der Waals surface area contributed by atoms with E-state index < -0.39 is 0 Å². The highest BCUT2D eigenvalue weighted by atomic mass is 32.2. The van der Waals surface area contributed by atoms with Crippen molar-refractivity contribution in [1.29, 1.82) is 0 Å². The molecule has 0 fully saturated rings. The van der Waals surface area contributed by atoms with Gasteiger partial charge in [-0.2, -0.15) is 0 Å². The van der Waals surface area contributed by atoms with Crippen molar-refractivity contribution < 1.29 is 0 Å². The molecule has 12 heavy (non-hydrogen) atoms. The lowest BCUT2D eigenvalue weighted by atomic mass is 10.3. The van der Waals surface area contributed by atoms with Gasteiger partial charge in [0.25, 0.3) is 0 Å².